The smallest absolute Gasteiger partial charge is 0.248 e. The van der Waals surface area contributed by atoms with Gasteiger partial charge in [-0.3, -0.25) is 4.99 Å². The highest BCUT2D eigenvalue weighted by Crippen LogP contribution is 2.35. The average Bonchev–Trinajstić information content (AvgIpc) is 2.66. The van der Waals surface area contributed by atoms with Crippen LogP contribution in [0.15, 0.2) is 29.3 Å². The van der Waals surface area contributed by atoms with Crippen molar-refractivity contribution in [2.45, 2.75) is 38.0 Å². The molecule has 0 radical (unpaired) electrons. The Bertz CT molecular complexity index is 520. The first-order valence-corrected chi connectivity index (χ1v) is 7.57. The minimum Gasteiger partial charge on any atom is -0.497 e. The van der Waals surface area contributed by atoms with Crippen LogP contribution in [-0.2, 0) is 0 Å². The van der Waals surface area contributed by atoms with Gasteiger partial charge in [-0.2, -0.15) is 0 Å². The van der Waals surface area contributed by atoms with E-state index in [0.717, 1.165) is 18.5 Å². The van der Waals surface area contributed by atoms with Gasteiger partial charge in [-0.05, 0) is 30.9 Å². The molecular weight excluding hydrogens is 288 g/mol. The molecule has 2 rings (SSSR count). The van der Waals surface area contributed by atoms with E-state index in [-0.39, 0.29) is 24.7 Å². The summed E-state index contributed by atoms with van der Waals surface area (Å²) in [7, 11) is 1.59. The number of nitrogens with two attached hydrogens (primary N) is 1. The number of halogens is 2. The number of benzene rings is 1. The zero-order chi connectivity index (χ0) is 16.0. The van der Waals surface area contributed by atoms with Crippen LogP contribution in [0.1, 0.15) is 32.1 Å². The molecule has 1 aliphatic carbocycles. The molecule has 1 aromatic carbocycles. The maximum atomic E-state index is 13.6. The average molecular weight is 311 g/mol. The third-order valence-electron chi connectivity index (χ3n) is 3.85. The fraction of sp³-hybridized carbons (Fsp3) is 0.562. The molecule has 4 nitrogen and oxygen atoms in total. The molecule has 0 spiro atoms. The number of methoxy groups -OCH3 is 1. The van der Waals surface area contributed by atoms with Crippen molar-refractivity contribution in [3.8, 4) is 5.75 Å². The van der Waals surface area contributed by atoms with Crippen molar-refractivity contribution in [1.82, 2.24) is 0 Å². The predicted molar refractivity (Wildman–Crippen MR) is 84.6 cm³/mol. The molecule has 1 aliphatic rings. The quantitative estimate of drug-likeness (QED) is 0.507. The highest BCUT2D eigenvalue weighted by molar-refractivity contribution is 5.92. The number of nitrogens with one attached hydrogen (secondary N) is 1. The van der Waals surface area contributed by atoms with Crippen LogP contribution in [0, 0.1) is 5.92 Å². The molecule has 1 fully saturated rings. The molecule has 0 amide bonds. The summed E-state index contributed by atoms with van der Waals surface area (Å²) < 4.78 is 32.2. The summed E-state index contributed by atoms with van der Waals surface area (Å²) in [6.07, 6.45) is 2.10. The van der Waals surface area contributed by atoms with Crippen LogP contribution >= 0.6 is 0 Å². The fourth-order valence-electron chi connectivity index (χ4n) is 2.71. The monoisotopic (exact) mass is 311 g/mol. The number of nitrogens with zero attached hydrogens (tertiary/aromatic N) is 1. The first-order valence-electron chi connectivity index (χ1n) is 7.57. The SMILES string of the molecule is COc1cccc(NC(N)=NCC2CCCCC(F)(F)C2)c1. The molecular formula is C16H23F2N3O. The summed E-state index contributed by atoms with van der Waals surface area (Å²) >= 11 is 0. The number of hydrogen-bond donors (Lipinski definition) is 2. The second kappa shape index (κ2) is 7.42. The van der Waals surface area contributed by atoms with Gasteiger partial charge in [-0.25, -0.2) is 8.78 Å². The summed E-state index contributed by atoms with van der Waals surface area (Å²) in [6.45, 7) is 0.332. The van der Waals surface area contributed by atoms with E-state index in [1.807, 2.05) is 18.2 Å². The van der Waals surface area contributed by atoms with Crippen LogP contribution in [0.4, 0.5) is 14.5 Å². The topological polar surface area (TPSA) is 59.6 Å². The Morgan fingerprint density at radius 1 is 1.45 bits per heavy atom. The van der Waals surface area contributed by atoms with Gasteiger partial charge in [0.05, 0.1) is 7.11 Å². The van der Waals surface area contributed by atoms with Crippen molar-refractivity contribution >= 4 is 11.6 Å². The molecule has 6 heteroatoms. The Morgan fingerprint density at radius 3 is 3.05 bits per heavy atom. The van der Waals surface area contributed by atoms with Gasteiger partial charge < -0.3 is 15.8 Å². The van der Waals surface area contributed by atoms with Crippen molar-refractivity contribution in [3.63, 3.8) is 0 Å². The molecule has 0 heterocycles. The predicted octanol–water partition coefficient (Wildman–Crippen LogP) is 3.64. The molecule has 1 atom stereocenters. The summed E-state index contributed by atoms with van der Waals surface area (Å²) in [5.41, 5.74) is 6.59. The third-order valence-corrected chi connectivity index (χ3v) is 3.85. The van der Waals surface area contributed by atoms with Crippen molar-refractivity contribution in [2.24, 2.45) is 16.6 Å². The maximum absolute atomic E-state index is 13.6. The lowest BCUT2D eigenvalue weighted by molar-refractivity contribution is -0.0241. The number of ether oxygens (including phenoxy) is 1. The minimum atomic E-state index is -2.56. The van der Waals surface area contributed by atoms with E-state index in [1.165, 1.54) is 0 Å². The Hall–Kier alpha value is -1.85. The van der Waals surface area contributed by atoms with E-state index in [4.69, 9.17) is 10.5 Å². The molecule has 0 saturated heterocycles. The first-order chi connectivity index (χ1) is 10.5. The van der Waals surface area contributed by atoms with Gasteiger partial charge in [0.25, 0.3) is 0 Å². The summed E-state index contributed by atoms with van der Waals surface area (Å²) in [4.78, 5) is 4.21. The van der Waals surface area contributed by atoms with E-state index in [9.17, 15) is 8.78 Å². The van der Waals surface area contributed by atoms with Crippen molar-refractivity contribution in [1.29, 1.82) is 0 Å². The largest absolute Gasteiger partial charge is 0.497 e. The number of alkyl halides is 2. The first kappa shape index (κ1) is 16.5. The minimum absolute atomic E-state index is 0.00917. The summed E-state index contributed by atoms with van der Waals surface area (Å²) in [6, 6.07) is 7.29. The Labute approximate surface area is 129 Å². The zero-order valence-corrected chi connectivity index (χ0v) is 12.8. The van der Waals surface area contributed by atoms with Crippen molar-refractivity contribution in [3.05, 3.63) is 24.3 Å². The zero-order valence-electron chi connectivity index (χ0n) is 12.8. The third kappa shape index (κ3) is 5.16. The van der Waals surface area contributed by atoms with Crippen LogP contribution in [0.3, 0.4) is 0 Å². The van der Waals surface area contributed by atoms with Gasteiger partial charge in [-0.15, -0.1) is 0 Å². The van der Waals surface area contributed by atoms with Crippen LogP contribution in [0.5, 0.6) is 5.75 Å². The molecule has 1 unspecified atom stereocenters. The lowest BCUT2D eigenvalue weighted by Crippen LogP contribution is -2.25. The lowest BCUT2D eigenvalue weighted by Gasteiger charge is -2.18. The Kier molecular flexibility index (Phi) is 5.57. The van der Waals surface area contributed by atoms with Crippen molar-refractivity contribution < 1.29 is 13.5 Å². The second-order valence-corrected chi connectivity index (χ2v) is 5.75. The Morgan fingerprint density at radius 2 is 2.27 bits per heavy atom. The summed E-state index contributed by atoms with van der Waals surface area (Å²) in [5, 5.41) is 2.95. The number of hydrogen-bond acceptors (Lipinski definition) is 2. The van der Waals surface area contributed by atoms with E-state index >= 15 is 0 Å². The Balaban J connectivity index is 1.91. The fourth-order valence-corrected chi connectivity index (χ4v) is 2.71. The summed E-state index contributed by atoms with van der Waals surface area (Å²) in [5.74, 6) is -1.73. The highest BCUT2D eigenvalue weighted by Gasteiger charge is 2.34. The van der Waals surface area contributed by atoms with Crippen LogP contribution < -0.4 is 15.8 Å². The second-order valence-electron chi connectivity index (χ2n) is 5.75. The number of anilines is 1. The van der Waals surface area contributed by atoms with E-state index < -0.39 is 5.92 Å². The van der Waals surface area contributed by atoms with Gasteiger partial charge in [0.2, 0.25) is 5.92 Å². The van der Waals surface area contributed by atoms with Crippen LogP contribution in [-0.4, -0.2) is 25.5 Å². The van der Waals surface area contributed by atoms with Crippen molar-refractivity contribution in [2.75, 3.05) is 19.0 Å². The highest BCUT2D eigenvalue weighted by atomic mass is 19.3. The normalized spacial score (nSPS) is 22.0. The van der Waals surface area contributed by atoms with Crippen LogP contribution in [0.2, 0.25) is 0 Å². The lowest BCUT2D eigenvalue weighted by atomic mass is 9.99. The molecule has 0 aromatic heterocycles. The van der Waals surface area contributed by atoms with Gasteiger partial charge in [0.1, 0.15) is 5.75 Å². The number of aliphatic imine (C=N–C) groups is 1. The molecule has 1 saturated carbocycles. The molecule has 122 valence electrons. The van der Waals surface area contributed by atoms with E-state index in [1.54, 1.807) is 13.2 Å². The number of rotatable bonds is 4. The molecule has 1 aromatic rings. The maximum Gasteiger partial charge on any atom is 0.248 e. The van der Waals surface area contributed by atoms with E-state index in [2.05, 4.69) is 10.3 Å². The molecule has 22 heavy (non-hydrogen) atoms. The number of guanidine groups is 1. The van der Waals surface area contributed by atoms with Gasteiger partial charge >= 0.3 is 0 Å². The van der Waals surface area contributed by atoms with Gasteiger partial charge in [-0.1, -0.05) is 12.5 Å². The molecule has 3 N–H and O–H groups in total. The molecule has 0 aliphatic heterocycles. The standard InChI is InChI=1S/C16H23F2N3O/c1-22-14-7-4-6-13(9-14)21-15(19)20-11-12-5-2-3-8-16(17,18)10-12/h4,6-7,9,12H,2-3,5,8,10-11H2,1H3,(H3,19,20,21). The van der Waals surface area contributed by atoms with Crippen LogP contribution in [0.25, 0.3) is 0 Å². The van der Waals surface area contributed by atoms with E-state index in [0.29, 0.717) is 18.7 Å². The van der Waals surface area contributed by atoms with Gasteiger partial charge in [0, 0.05) is 31.1 Å². The van der Waals surface area contributed by atoms with Gasteiger partial charge in [0.15, 0.2) is 5.96 Å². The molecule has 0 bridgehead atoms.